The molecule has 0 fully saturated rings. The number of methoxy groups -OCH3 is 1. The number of benzene rings is 1. The third kappa shape index (κ3) is 2.90. The smallest absolute Gasteiger partial charge is 0.123 e. The second-order valence-electron chi connectivity index (χ2n) is 4.16. The molecule has 1 aromatic heterocycles. The first-order valence-corrected chi connectivity index (χ1v) is 6.18. The van der Waals surface area contributed by atoms with E-state index < -0.39 is 0 Å². The van der Waals surface area contributed by atoms with Gasteiger partial charge >= 0.3 is 0 Å². The fourth-order valence-electron chi connectivity index (χ4n) is 2.04. The van der Waals surface area contributed by atoms with Gasteiger partial charge in [-0.15, -0.1) is 0 Å². The van der Waals surface area contributed by atoms with Gasteiger partial charge in [0.25, 0.3) is 0 Å². The number of hydrogen-bond acceptors (Lipinski definition) is 3. The normalized spacial score (nSPS) is 12.3. The summed E-state index contributed by atoms with van der Waals surface area (Å²) in [5.74, 6) is 0.932. The number of imidazole rings is 1. The average molecular weight is 245 g/mol. The molecule has 18 heavy (non-hydrogen) atoms. The van der Waals surface area contributed by atoms with Crippen LogP contribution in [-0.2, 0) is 6.54 Å². The minimum atomic E-state index is 0.282. The quantitative estimate of drug-likeness (QED) is 0.822. The van der Waals surface area contributed by atoms with E-state index in [2.05, 4.69) is 28.3 Å². The Morgan fingerprint density at radius 2 is 2.22 bits per heavy atom. The predicted octanol–water partition coefficient (Wildman–Crippen LogP) is 2.66. The van der Waals surface area contributed by atoms with Gasteiger partial charge in [-0.3, -0.25) is 0 Å². The van der Waals surface area contributed by atoms with Gasteiger partial charge in [-0.2, -0.15) is 0 Å². The van der Waals surface area contributed by atoms with Gasteiger partial charge < -0.3 is 15.0 Å². The molecule has 4 heteroatoms. The number of H-pyrrole nitrogens is 1. The van der Waals surface area contributed by atoms with E-state index >= 15 is 0 Å². The van der Waals surface area contributed by atoms with Crippen LogP contribution in [0.25, 0.3) is 0 Å². The molecule has 0 aliphatic heterocycles. The Morgan fingerprint density at radius 1 is 1.39 bits per heavy atom. The summed E-state index contributed by atoms with van der Waals surface area (Å²) < 4.78 is 5.41. The molecule has 0 aliphatic rings. The summed E-state index contributed by atoms with van der Waals surface area (Å²) in [7, 11) is 1.71. The molecule has 2 aromatic rings. The number of para-hydroxylation sites is 1. The lowest BCUT2D eigenvalue weighted by atomic mass is 10.0. The summed E-state index contributed by atoms with van der Waals surface area (Å²) in [6, 6.07) is 8.41. The standard InChI is InChI=1S/C14H19N3O/c1-3-13(16-9-11-8-15-10-17-11)12-6-4-5-7-14(12)18-2/h4-8,10,13,16H,3,9H2,1-2H3,(H,15,17). The molecule has 1 unspecified atom stereocenters. The maximum Gasteiger partial charge on any atom is 0.123 e. The molecular formula is C14H19N3O. The molecule has 4 nitrogen and oxygen atoms in total. The van der Waals surface area contributed by atoms with Crippen molar-refractivity contribution in [3.63, 3.8) is 0 Å². The van der Waals surface area contributed by atoms with Gasteiger partial charge in [0.05, 0.1) is 13.4 Å². The van der Waals surface area contributed by atoms with E-state index in [4.69, 9.17) is 4.74 Å². The third-order valence-corrected chi connectivity index (χ3v) is 3.02. The molecular weight excluding hydrogens is 226 g/mol. The van der Waals surface area contributed by atoms with Crippen LogP contribution in [0.3, 0.4) is 0 Å². The predicted molar refractivity (Wildman–Crippen MR) is 71.5 cm³/mol. The lowest BCUT2D eigenvalue weighted by Gasteiger charge is -2.19. The number of ether oxygens (including phenoxy) is 1. The van der Waals surface area contributed by atoms with Gasteiger partial charge in [0.15, 0.2) is 0 Å². The molecule has 96 valence electrons. The Kier molecular flexibility index (Phi) is 4.36. The van der Waals surface area contributed by atoms with E-state index in [0.717, 1.165) is 24.4 Å². The molecule has 1 heterocycles. The Hall–Kier alpha value is -1.81. The first kappa shape index (κ1) is 12.6. The van der Waals surface area contributed by atoms with Crippen LogP contribution in [0.1, 0.15) is 30.6 Å². The Balaban J connectivity index is 2.08. The van der Waals surface area contributed by atoms with Gasteiger partial charge in [-0.25, -0.2) is 4.98 Å². The van der Waals surface area contributed by atoms with Crippen LogP contribution >= 0.6 is 0 Å². The second kappa shape index (κ2) is 6.21. The van der Waals surface area contributed by atoms with Gasteiger partial charge in [0, 0.05) is 30.0 Å². The number of nitrogens with zero attached hydrogens (tertiary/aromatic N) is 1. The molecule has 0 saturated heterocycles. The number of aromatic amines is 1. The van der Waals surface area contributed by atoms with Crippen molar-refractivity contribution in [2.75, 3.05) is 7.11 Å². The van der Waals surface area contributed by atoms with Crippen LogP contribution in [0.2, 0.25) is 0 Å². The van der Waals surface area contributed by atoms with E-state index in [1.54, 1.807) is 13.4 Å². The van der Waals surface area contributed by atoms with Crippen LogP contribution in [0, 0.1) is 0 Å². The lowest BCUT2D eigenvalue weighted by Crippen LogP contribution is -2.21. The number of rotatable bonds is 6. The van der Waals surface area contributed by atoms with E-state index in [0.29, 0.717) is 0 Å². The monoisotopic (exact) mass is 245 g/mol. The van der Waals surface area contributed by atoms with Crippen molar-refractivity contribution in [2.24, 2.45) is 0 Å². The topological polar surface area (TPSA) is 49.9 Å². The van der Waals surface area contributed by atoms with Crippen LogP contribution < -0.4 is 10.1 Å². The number of aromatic nitrogens is 2. The summed E-state index contributed by atoms with van der Waals surface area (Å²) in [4.78, 5) is 7.10. The van der Waals surface area contributed by atoms with Crippen molar-refractivity contribution in [1.29, 1.82) is 0 Å². The summed E-state index contributed by atoms with van der Waals surface area (Å²) in [5.41, 5.74) is 2.28. The first-order chi connectivity index (χ1) is 8.85. The van der Waals surface area contributed by atoms with Crippen molar-refractivity contribution in [1.82, 2.24) is 15.3 Å². The molecule has 2 rings (SSSR count). The van der Waals surface area contributed by atoms with Crippen LogP contribution in [0.5, 0.6) is 5.75 Å². The van der Waals surface area contributed by atoms with Crippen molar-refractivity contribution in [2.45, 2.75) is 25.9 Å². The zero-order valence-corrected chi connectivity index (χ0v) is 10.8. The van der Waals surface area contributed by atoms with Crippen molar-refractivity contribution < 1.29 is 4.74 Å². The number of nitrogens with one attached hydrogen (secondary N) is 2. The minimum absolute atomic E-state index is 0.282. The number of hydrogen-bond donors (Lipinski definition) is 2. The highest BCUT2D eigenvalue weighted by Crippen LogP contribution is 2.26. The maximum absolute atomic E-state index is 5.41. The Labute approximate surface area is 107 Å². The van der Waals surface area contributed by atoms with Crippen molar-refractivity contribution >= 4 is 0 Å². The average Bonchev–Trinajstić information content (AvgIpc) is 2.93. The molecule has 0 radical (unpaired) electrons. The lowest BCUT2D eigenvalue weighted by molar-refractivity contribution is 0.396. The zero-order chi connectivity index (χ0) is 12.8. The van der Waals surface area contributed by atoms with Gasteiger partial charge in [-0.1, -0.05) is 25.1 Å². The van der Waals surface area contributed by atoms with Gasteiger partial charge in [0.2, 0.25) is 0 Å². The van der Waals surface area contributed by atoms with Crippen molar-refractivity contribution in [3.05, 3.63) is 48.0 Å². The zero-order valence-electron chi connectivity index (χ0n) is 10.8. The molecule has 0 spiro atoms. The fourth-order valence-corrected chi connectivity index (χ4v) is 2.04. The minimum Gasteiger partial charge on any atom is -0.496 e. The fraction of sp³-hybridized carbons (Fsp3) is 0.357. The molecule has 0 saturated carbocycles. The second-order valence-corrected chi connectivity index (χ2v) is 4.16. The highest BCUT2D eigenvalue weighted by Gasteiger charge is 2.13. The maximum atomic E-state index is 5.41. The van der Waals surface area contributed by atoms with Gasteiger partial charge in [-0.05, 0) is 12.5 Å². The van der Waals surface area contributed by atoms with Crippen LogP contribution in [-0.4, -0.2) is 17.1 Å². The molecule has 1 aromatic carbocycles. The molecule has 0 aliphatic carbocycles. The molecule has 0 amide bonds. The summed E-state index contributed by atoms with van der Waals surface area (Å²) in [6.45, 7) is 2.94. The third-order valence-electron chi connectivity index (χ3n) is 3.02. The van der Waals surface area contributed by atoms with Gasteiger partial charge in [0.1, 0.15) is 5.75 Å². The summed E-state index contributed by atoms with van der Waals surface area (Å²) in [6.07, 6.45) is 4.54. The first-order valence-electron chi connectivity index (χ1n) is 6.18. The Bertz CT molecular complexity index is 468. The van der Waals surface area contributed by atoms with Crippen LogP contribution in [0.4, 0.5) is 0 Å². The van der Waals surface area contributed by atoms with E-state index in [9.17, 15) is 0 Å². The SMILES string of the molecule is CCC(NCc1cnc[nH]1)c1ccccc1OC. The van der Waals surface area contributed by atoms with Crippen LogP contribution in [0.15, 0.2) is 36.8 Å². The largest absolute Gasteiger partial charge is 0.496 e. The highest BCUT2D eigenvalue weighted by atomic mass is 16.5. The summed E-state index contributed by atoms with van der Waals surface area (Å²) >= 11 is 0. The summed E-state index contributed by atoms with van der Waals surface area (Å²) in [5, 5.41) is 3.51. The van der Waals surface area contributed by atoms with E-state index in [1.165, 1.54) is 5.56 Å². The molecule has 2 N–H and O–H groups in total. The highest BCUT2D eigenvalue weighted by molar-refractivity contribution is 5.35. The van der Waals surface area contributed by atoms with E-state index in [1.807, 2.05) is 24.4 Å². The van der Waals surface area contributed by atoms with E-state index in [-0.39, 0.29) is 6.04 Å². The molecule has 1 atom stereocenters. The molecule has 0 bridgehead atoms. The van der Waals surface area contributed by atoms with Crippen molar-refractivity contribution in [3.8, 4) is 5.75 Å². The Morgan fingerprint density at radius 3 is 2.89 bits per heavy atom.